The number of nitrogens with zero attached hydrogens (tertiary/aromatic N) is 2. The van der Waals surface area contributed by atoms with Gasteiger partial charge in [-0.3, -0.25) is 14.7 Å². The molecule has 1 aliphatic rings. The van der Waals surface area contributed by atoms with Gasteiger partial charge in [0.05, 0.1) is 30.7 Å². The molecule has 4 aromatic rings. The van der Waals surface area contributed by atoms with Crippen molar-refractivity contribution in [1.29, 1.82) is 0 Å². The average molecular weight is 430 g/mol. The minimum Gasteiger partial charge on any atom is -0.493 e. The fraction of sp³-hybridized carbons (Fsp3) is 0.200. The van der Waals surface area contributed by atoms with Crippen LogP contribution < -0.4 is 19.6 Å². The number of ether oxygens (including phenoxy) is 3. The molecule has 0 bridgehead atoms. The molecule has 0 fully saturated rings. The Labute approximate surface area is 184 Å². The number of pyridine rings is 1. The summed E-state index contributed by atoms with van der Waals surface area (Å²) < 4.78 is 22.6. The van der Waals surface area contributed by atoms with Crippen LogP contribution in [-0.2, 0) is 13.1 Å². The largest absolute Gasteiger partial charge is 0.493 e. The minimum absolute atomic E-state index is 0.104. The lowest BCUT2D eigenvalue weighted by molar-refractivity contribution is 0.0890. The first-order valence-corrected chi connectivity index (χ1v) is 10.2. The van der Waals surface area contributed by atoms with E-state index in [9.17, 15) is 4.79 Å². The maximum absolute atomic E-state index is 13.3. The average Bonchev–Trinajstić information content (AvgIpc) is 2.84. The first-order chi connectivity index (χ1) is 15.7. The van der Waals surface area contributed by atoms with Crippen molar-refractivity contribution in [3.63, 3.8) is 0 Å². The van der Waals surface area contributed by atoms with Crippen LogP contribution >= 0.6 is 0 Å². The second kappa shape index (κ2) is 8.36. The van der Waals surface area contributed by atoms with Crippen molar-refractivity contribution in [3.8, 4) is 28.4 Å². The molecule has 1 aliphatic heterocycles. The highest BCUT2D eigenvalue weighted by Gasteiger charge is 2.23. The maximum Gasteiger partial charge on any atom is 0.200 e. The van der Waals surface area contributed by atoms with Crippen molar-refractivity contribution < 1.29 is 18.6 Å². The SMILES string of the molecule is COc1ccc(-c2coc3c4c(ccc3c2=O)OCN(Cc2ccncc2)C4)cc1OC. The maximum atomic E-state index is 13.3. The smallest absolute Gasteiger partial charge is 0.200 e. The Kier molecular flexibility index (Phi) is 5.25. The van der Waals surface area contributed by atoms with Crippen LogP contribution in [-0.4, -0.2) is 30.8 Å². The van der Waals surface area contributed by atoms with Gasteiger partial charge in [0.1, 0.15) is 24.3 Å². The summed E-state index contributed by atoms with van der Waals surface area (Å²) in [6, 6.07) is 12.9. The van der Waals surface area contributed by atoms with Gasteiger partial charge in [-0.1, -0.05) is 6.07 Å². The topological polar surface area (TPSA) is 74.0 Å². The van der Waals surface area contributed by atoms with Crippen molar-refractivity contribution in [2.24, 2.45) is 0 Å². The Hall–Kier alpha value is -3.84. The molecule has 3 heterocycles. The summed E-state index contributed by atoms with van der Waals surface area (Å²) >= 11 is 0. The van der Waals surface area contributed by atoms with E-state index in [2.05, 4.69) is 9.88 Å². The Morgan fingerprint density at radius 3 is 2.62 bits per heavy atom. The van der Waals surface area contributed by atoms with Crippen molar-refractivity contribution in [3.05, 3.63) is 82.5 Å². The van der Waals surface area contributed by atoms with Crippen LogP contribution in [0.25, 0.3) is 22.1 Å². The van der Waals surface area contributed by atoms with Gasteiger partial charge < -0.3 is 18.6 Å². The van der Waals surface area contributed by atoms with Crippen molar-refractivity contribution in [2.75, 3.05) is 21.0 Å². The first-order valence-electron chi connectivity index (χ1n) is 10.2. The summed E-state index contributed by atoms with van der Waals surface area (Å²) in [4.78, 5) is 19.6. The van der Waals surface area contributed by atoms with Gasteiger partial charge in [0.25, 0.3) is 0 Å². The fourth-order valence-corrected chi connectivity index (χ4v) is 4.01. The number of fused-ring (bicyclic) bond motifs is 3. The van der Waals surface area contributed by atoms with E-state index in [4.69, 9.17) is 18.6 Å². The standard InChI is InChI=1S/C25H22N2O5/c1-29-22-5-3-17(11-23(22)30-2)20-14-31-25-18(24(20)28)4-6-21-19(25)13-27(15-32-21)12-16-7-9-26-10-8-16/h3-11,14H,12-13,15H2,1-2H3. The van der Waals surface area contributed by atoms with Crippen LogP contribution in [0.4, 0.5) is 0 Å². The van der Waals surface area contributed by atoms with Crippen LogP contribution in [0.5, 0.6) is 17.2 Å². The van der Waals surface area contributed by atoms with Gasteiger partial charge in [-0.15, -0.1) is 0 Å². The summed E-state index contributed by atoms with van der Waals surface area (Å²) in [7, 11) is 3.14. The van der Waals surface area contributed by atoms with Crippen LogP contribution in [0, 0.1) is 0 Å². The van der Waals surface area contributed by atoms with E-state index in [1.54, 1.807) is 44.8 Å². The van der Waals surface area contributed by atoms with Crippen LogP contribution in [0.1, 0.15) is 11.1 Å². The van der Waals surface area contributed by atoms with E-state index < -0.39 is 0 Å². The Balaban J connectivity index is 1.53. The third kappa shape index (κ3) is 3.56. The van der Waals surface area contributed by atoms with E-state index in [0.29, 0.717) is 53.4 Å². The normalized spacial score (nSPS) is 13.4. The molecule has 0 N–H and O–H groups in total. The number of benzene rings is 2. The summed E-state index contributed by atoms with van der Waals surface area (Å²) in [6.07, 6.45) is 5.06. The molecule has 5 rings (SSSR count). The number of hydrogen-bond donors (Lipinski definition) is 0. The van der Waals surface area contributed by atoms with E-state index in [0.717, 1.165) is 16.9 Å². The molecular weight excluding hydrogens is 408 g/mol. The van der Waals surface area contributed by atoms with Gasteiger partial charge >= 0.3 is 0 Å². The highest BCUT2D eigenvalue weighted by molar-refractivity contribution is 5.86. The third-order valence-corrected chi connectivity index (χ3v) is 5.64. The number of methoxy groups -OCH3 is 2. The van der Waals surface area contributed by atoms with E-state index in [1.807, 2.05) is 24.3 Å². The molecule has 7 nitrogen and oxygen atoms in total. The zero-order chi connectivity index (χ0) is 22.1. The third-order valence-electron chi connectivity index (χ3n) is 5.64. The molecule has 32 heavy (non-hydrogen) atoms. The monoisotopic (exact) mass is 430 g/mol. The fourth-order valence-electron chi connectivity index (χ4n) is 4.01. The molecule has 0 radical (unpaired) electrons. The Bertz CT molecular complexity index is 1330. The van der Waals surface area contributed by atoms with Crippen LogP contribution in [0.2, 0.25) is 0 Å². The van der Waals surface area contributed by atoms with Gasteiger partial charge in [-0.25, -0.2) is 0 Å². The second-order valence-electron chi connectivity index (χ2n) is 7.58. The summed E-state index contributed by atoms with van der Waals surface area (Å²) in [6.45, 7) is 1.80. The highest BCUT2D eigenvalue weighted by atomic mass is 16.5. The van der Waals surface area contributed by atoms with Gasteiger partial charge in [0, 0.05) is 25.5 Å². The number of rotatable bonds is 5. The van der Waals surface area contributed by atoms with Gasteiger partial charge in [0.15, 0.2) is 11.5 Å². The van der Waals surface area contributed by atoms with Crippen molar-refractivity contribution in [1.82, 2.24) is 9.88 Å². The second-order valence-corrected chi connectivity index (χ2v) is 7.58. The molecule has 0 saturated heterocycles. The van der Waals surface area contributed by atoms with Crippen LogP contribution in [0.15, 0.2) is 70.3 Å². The Morgan fingerprint density at radius 2 is 1.84 bits per heavy atom. The van der Waals surface area contributed by atoms with E-state index in [1.165, 1.54) is 6.26 Å². The molecule has 0 atom stereocenters. The van der Waals surface area contributed by atoms with Crippen molar-refractivity contribution >= 4 is 11.0 Å². The highest BCUT2D eigenvalue weighted by Crippen LogP contribution is 2.35. The molecule has 7 heteroatoms. The molecule has 0 amide bonds. The van der Waals surface area contributed by atoms with Gasteiger partial charge in [-0.2, -0.15) is 0 Å². The number of hydrogen-bond acceptors (Lipinski definition) is 7. The van der Waals surface area contributed by atoms with E-state index >= 15 is 0 Å². The molecular formula is C25H22N2O5. The predicted octanol–water partition coefficient (Wildman–Crippen LogP) is 4.22. The number of aromatic nitrogens is 1. The quantitative estimate of drug-likeness (QED) is 0.469. The Morgan fingerprint density at radius 1 is 1.03 bits per heavy atom. The predicted molar refractivity (Wildman–Crippen MR) is 120 cm³/mol. The van der Waals surface area contributed by atoms with Crippen LogP contribution in [0.3, 0.4) is 0 Å². The lowest BCUT2D eigenvalue weighted by Gasteiger charge is -2.29. The van der Waals surface area contributed by atoms with Gasteiger partial charge in [0.2, 0.25) is 5.43 Å². The lowest BCUT2D eigenvalue weighted by atomic mass is 10.0. The molecule has 0 saturated carbocycles. The van der Waals surface area contributed by atoms with E-state index in [-0.39, 0.29) is 5.43 Å². The molecule has 2 aromatic carbocycles. The summed E-state index contributed by atoms with van der Waals surface area (Å²) in [5.41, 5.74) is 3.63. The molecule has 0 aliphatic carbocycles. The molecule has 0 spiro atoms. The first kappa shape index (κ1) is 20.1. The van der Waals surface area contributed by atoms with Crippen molar-refractivity contribution in [2.45, 2.75) is 13.1 Å². The molecule has 162 valence electrons. The molecule has 0 unspecified atom stereocenters. The zero-order valence-corrected chi connectivity index (χ0v) is 17.8. The molecule has 2 aromatic heterocycles. The minimum atomic E-state index is -0.104. The summed E-state index contributed by atoms with van der Waals surface area (Å²) in [5.74, 6) is 1.89. The lowest BCUT2D eigenvalue weighted by Crippen LogP contribution is -2.31. The zero-order valence-electron chi connectivity index (χ0n) is 17.8. The summed E-state index contributed by atoms with van der Waals surface area (Å²) in [5, 5.41) is 0.519. The van der Waals surface area contributed by atoms with Gasteiger partial charge in [-0.05, 0) is 47.5 Å².